The Labute approximate surface area is 151 Å². The van der Waals surface area contributed by atoms with Crippen molar-refractivity contribution in [3.8, 4) is 11.5 Å². The van der Waals surface area contributed by atoms with Gasteiger partial charge in [-0.15, -0.1) is 10.2 Å². The van der Waals surface area contributed by atoms with Crippen molar-refractivity contribution >= 4 is 5.97 Å². The van der Waals surface area contributed by atoms with Crippen molar-refractivity contribution in [1.82, 2.24) is 14.8 Å². The van der Waals surface area contributed by atoms with E-state index in [9.17, 15) is 4.79 Å². The third kappa shape index (κ3) is 3.03. The van der Waals surface area contributed by atoms with E-state index in [4.69, 9.17) is 9.15 Å². The van der Waals surface area contributed by atoms with Gasteiger partial charge in [-0.2, -0.15) is 0 Å². The average molecular weight is 351 g/mol. The first-order chi connectivity index (χ1) is 12.5. The fraction of sp³-hybridized carbons (Fsp3) is 0.350. The average Bonchev–Trinajstić information content (AvgIpc) is 3.25. The van der Waals surface area contributed by atoms with Crippen molar-refractivity contribution in [3.05, 3.63) is 59.2 Å². The second-order valence-corrected chi connectivity index (χ2v) is 6.74. The molecule has 1 saturated carbocycles. The number of carbonyl (C=O) groups excluding carboxylic acids is 1. The molecular weight excluding hydrogens is 330 g/mol. The Morgan fingerprint density at radius 1 is 1.23 bits per heavy atom. The van der Waals surface area contributed by atoms with Crippen LogP contribution in [0.15, 0.2) is 40.8 Å². The molecule has 6 nitrogen and oxygen atoms in total. The fourth-order valence-electron chi connectivity index (χ4n) is 3.25. The second kappa shape index (κ2) is 6.44. The lowest BCUT2D eigenvalue weighted by atomic mass is 10.2. The van der Waals surface area contributed by atoms with Gasteiger partial charge in [0.2, 0.25) is 5.89 Å². The summed E-state index contributed by atoms with van der Waals surface area (Å²) in [4.78, 5) is 12.6. The first-order valence-corrected chi connectivity index (χ1v) is 8.83. The summed E-state index contributed by atoms with van der Waals surface area (Å²) in [5.41, 5.74) is 3.48. The van der Waals surface area contributed by atoms with Crippen molar-refractivity contribution < 1.29 is 13.9 Å². The molecule has 1 aromatic carbocycles. The highest BCUT2D eigenvalue weighted by Crippen LogP contribution is 2.38. The Morgan fingerprint density at radius 3 is 2.65 bits per heavy atom. The number of aromatic nitrogens is 3. The number of nitrogens with zero attached hydrogens (tertiary/aromatic N) is 3. The molecule has 26 heavy (non-hydrogen) atoms. The quantitative estimate of drug-likeness (QED) is 0.637. The lowest BCUT2D eigenvalue weighted by Crippen LogP contribution is -2.11. The van der Waals surface area contributed by atoms with Gasteiger partial charge in [0.25, 0.3) is 5.89 Å². The first-order valence-electron chi connectivity index (χ1n) is 8.83. The predicted octanol–water partition coefficient (Wildman–Crippen LogP) is 4.41. The number of hydrogen-bond donors (Lipinski definition) is 0. The van der Waals surface area contributed by atoms with Crippen molar-refractivity contribution in [2.45, 2.75) is 45.8 Å². The monoisotopic (exact) mass is 351 g/mol. The molecule has 0 saturated heterocycles. The molecule has 2 aromatic heterocycles. The summed E-state index contributed by atoms with van der Waals surface area (Å²) in [6.07, 6.45) is 1.73. The Bertz CT molecular complexity index is 939. The van der Waals surface area contributed by atoms with Crippen molar-refractivity contribution in [2.24, 2.45) is 0 Å². The Morgan fingerprint density at radius 2 is 1.96 bits per heavy atom. The maximum atomic E-state index is 12.6. The SMILES string of the molecule is Cc1cc(C(=O)OC(C)c2nnc(-c3ccccc3)o2)c(C)n1C1CC1. The van der Waals surface area contributed by atoms with Crippen LogP contribution in [0.5, 0.6) is 0 Å². The molecule has 0 amide bonds. The summed E-state index contributed by atoms with van der Waals surface area (Å²) in [5.74, 6) is 0.334. The zero-order valence-corrected chi connectivity index (χ0v) is 15.1. The van der Waals surface area contributed by atoms with Crippen LogP contribution in [-0.2, 0) is 4.74 Å². The number of rotatable bonds is 5. The molecule has 0 bridgehead atoms. The van der Waals surface area contributed by atoms with Crippen LogP contribution in [0.4, 0.5) is 0 Å². The van der Waals surface area contributed by atoms with Crippen LogP contribution < -0.4 is 0 Å². The largest absolute Gasteiger partial charge is 0.449 e. The maximum absolute atomic E-state index is 12.6. The molecule has 0 spiro atoms. The highest BCUT2D eigenvalue weighted by atomic mass is 16.6. The van der Waals surface area contributed by atoms with Crippen LogP contribution in [0.2, 0.25) is 0 Å². The van der Waals surface area contributed by atoms with Crippen molar-refractivity contribution in [1.29, 1.82) is 0 Å². The van der Waals surface area contributed by atoms with E-state index in [1.165, 1.54) is 12.8 Å². The normalized spacial score (nSPS) is 15.0. The molecule has 6 heteroatoms. The second-order valence-electron chi connectivity index (χ2n) is 6.74. The first kappa shape index (κ1) is 16.6. The minimum atomic E-state index is -0.614. The summed E-state index contributed by atoms with van der Waals surface area (Å²) in [7, 11) is 0. The smallest absolute Gasteiger partial charge is 0.340 e. The molecule has 1 fully saturated rings. The number of hydrogen-bond acceptors (Lipinski definition) is 5. The van der Waals surface area contributed by atoms with Gasteiger partial charge in [-0.1, -0.05) is 18.2 Å². The molecular formula is C20H21N3O3. The standard InChI is InChI=1S/C20H21N3O3/c1-12-11-17(13(2)23(12)16-9-10-16)20(24)25-14(3)18-21-22-19(26-18)15-7-5-4-6-8-15/h4-8,11,14,16H,9-10H2,1-3H3. The van der Waals surface area contributed by atoms with Gasteiger partial charge in [0.15, 0.2) is 6.10 Å². The Hall–Kier alpha value is -2.89. The third-order valence-electron chi connectivity index (χ3n) is 4.71. The summed E-state index contributed by atoms with van der Waals surface area (Å²) in [5, 5.41) is 8.07. The van der Waals surface area contributed by atoms with E-state index in [0.29, 0.717) is 17.5 Å². The van der Waals surface area contributed by atoms with E-state index in [0.717, 1.165) is 17.0 Å². The van der Waals surface area contributed by atoms with E-state index in [1.807, 2.05) is 50.2 Å². The summed E-state index contributed by atoms with van der Waals surface area (Å²) < 4.78 is 13.5. The zero-order valence-electron chi connectivity index (χ0n) is 15.1. The van der Waals surface area contributed by atoms with Crippen molar-refractivity contribution in [3.63, 3.8) is 0 Å². The minimum Gasteiger partial charge on any atom is -0.449 e. The molecule has 1 aliphatic carbocycles. The predicted molar refractivity (Wildman–Crippen MR) is 95.7 cm³/mol. The van der Waals surface area contributed by atoms with Gasteiger partial charge in [-0.3, -0.25) is 0 Å². The van der Waals surface area contributed by atoms with E-state index in [2.05, 4.69) is 14.8 Å². The van der Waals surface area contributed by atoms with E-state index in [1.54, 1.807) is 6.92 Å². The van der Waals surface area contributed by atoms with Gasteiger partial charge >= 0.3 is 5.97 Å². The van der Waals surface area contributed by atoms with Crippen LogP contribution in [0.3, 0.4) is 0 Å². The van der Waals surface area contributed by atoms with Gasteiger partial charge in [0, 0.05) is 23.0 Å². The van der Waals surface area contributed by atoms with Gasteiger partial charge < -0.3 is 13.7 Å². The fourth-order valence-corrected chi connectivity index (χ4v) is 3.25. The molecule has 1 atom stereocenters. The zero-order chi connectivity index (χ0) is 18.3. The summed E-state index contributed by atoms with van der Waals surface area (Å²) in [6.45, 7) is 5.72. The number of ether oxygens (including phenoxy) is 1. The molecule has 0 aliphatic heterocycles. The molecule has 0 N–H and O–H groups in total. The van der Waals surface area contributed by atoms with Crippen LogP contribution in [-0.4, -0.2) is 20.7 Å². The van der Waals surface area contributed by atoms with E-state index >= 15 is 0 Å². The Kier molecular flexibility index (Phi) is 4.11. The summed E-state index contributed by atoms with van der Waals surface area (Å²) in [6, 6.07) is 11.9. The van der Waals surface area contributed by atoms with Crippen molar-refractivity contribution in [2.75, 3.05) is 0 Å². The molecule has 4 rings (SSSR count). The molecule has 134 valence electrons. The highest BCUT2D eigenvalue weighted by Gasteiger charge is 2.29. The van der Waals surface area contributed by atoms with Crippen LogP contribution in [0, 0.1) is 13.8 Å². The Balaban J connectivity index is 1.50. The summed E-state index contributed by atoms with van der Waals surface area (Å²) >= 11 is 0. The molecule has 2 heterocycles. The van der Waals surface area contributed by atoms with E-state index < -0.39 is 6.10 Å². The van der Waals surface area contributed by atoms with Gasteiger partial charge in [0.1, 0.15) is 0 Å². The topological polar surface area (TPSA) is 70.2 Å². The molecule has 3 aromatic rings. The maximum Gasteiger partial charge on any atom is 0.340 e. The molecule has 1 aliphatic rings. The number of aryl methyl sites for hydroxylation is 1. The lowest BCUT2D eigenvalue weighted by Gasteiger charge is -2.10. The van der Waals surface area contributed by atoms with Crippen LogP contribution in [0.25, 0.3) is 11.5 Å². The van der Waals surface area contributed by atoms with Gasteiger partial charge in [0.05, 0.1) is 5.56 Å². The van der Waals surface area contributed by atoms with Gasteiger partial charge in [-0.25, -0.2) is 4.79 Å². The third-order valence-corrected chi connectivity index (χ3v) is 4.71. The number of esters is 1. The van der Waals surface area contributed by atoms with Crippen LogP contribution >= 0.6 is 0 Å². The minimum absolute atomic E-state index is 0.285. The lowest BCUT2D eigenvalue weighted by molar-refractivity contribution is 0.0279. The van der Waals surface area contributed by atoms with E-state index in [-0.39, 0.29) is 11.9 Å². The van der Waals surface area contributed by atoms with Crippen LogP contribution in [0.1, 0.15) is 59.5 Å². The highest BCUT2D eigenvalue weighted by molar-refractivity contribution is 5.91. The number of benzene rings is 1. The van der Waals surface area contributed by atoms with Gasteiger partial charge in [-0.05, 0) is 51.8 Å². The molecule has 0 radical (unpaired) electrons. The number of carbonyl (C=O) groups is 1. The molecule has 1 unspecified atom stereocenters.